The molecule has 8 nitrogen and oxygen atoms in total. The van der Waals surface area contributed by atoms with E-state index in [4.69, 9.17) is 20.9 Å². The van der Waals surface area contributed by atoms with Crippen LogP contribution in [0.25, 0.3) is 0 Å². The fourth-order valence-electron chi connectivity index (χ4n) is 4.08. The Bertz CT molecular complexity index is 1220. The molecule has 0 aliphatic heterocycles. The zero-order chi connectivity index (χ0) is 27.0. The molecule has 0 aromatic heterocycles. The second-order valence-electron chi connectivity index (χ2n) is 9.84. The maximum atomic E-state index is 11.4. The molecular formula is C28H32N2O6. The van der Waals surface area contributed by atoms with Gasteiger partial charge in [-0.15, -0.1) is 0 Å². The normalized spacial score (nSPS) is 11.7. The predicted molar refractivity (Wildman–Crippen MR) is 138 cm³/mol. The first-order chi connectivity index (χ1) is 16.6. The van der Waals surface area contributed by atoms with Gasteiger partial charge < -0.3 is 31.2 Å². The van der Waals surface area contributed by atoms with Gasteiger partial charge in [0.25, 0.3) is 0 Å². The number of aromatic hydroxyl groups is 2. The number of ether oxygens (including phenoxy) is 2. The van der Waals surface area contributed by atoms with Crippen LogP contribution in [0.15, 0.2) is 48.5 Å². The summed E-state index contributed by atoms with van der Waals surface area (Å²) < 4.78 is 10.3. The highest BCUT2D eigenvalue weighted by Gasteiger charge is 2.29. The van der Waals surface area contributed by atoms with Gasteiger partial charge in [0.05, 0.1) is 11.4 Å². The number of hydrogen-bond acceptors (Lipinski definition) is 8. The van der Waals surface area contributed by atoms with E-state index in [1.165, 1.54) is 13.8 Å². The number of anilines is 2. The maximum Gasteiger partial charge on any atom is 0.308 e. The number of esters is 2. The lowest BCUT2D eigenvalue weighted by Gasteiger charge is -2.30. The number of carbonyl (C=O) groups excluding carboxylic acids is 2. The lowest BCUT2D eigenvalue weighted by atomic mass is 9.74. The summed E-state index contributed by atoms with van der Waals surface area (Å²) >= 11 is 0. The van der Waals surface area contributed by atoms with Crippen molar-refractivity contribution in [1.29, 1.82) is 0 Å². The molecule has 0 bridgehead atoms. The molecule has 0 spiro atoms. The van der Waals surface area contributed by atoms with Crippen molar-refractivity contribution in [2.24, 2.45) is 0 Å². The van der Waals surface area contributed by atoms with Crippen LogP contribution in [-0.2, 0) is 20.4 Å². The van der Waals surface area contributed by atoms with Crippen molar-refractivity contribution in [1.82, 2.24) is 0 Å². The van der Waals surface area contributed by atoms with Gasteiger partial charge in [-0.3, -0.25) is 9.59 Å². The summed E-state index contributed by atoms with van der Waals surface area (Å²) in [6.07, 6.45) is 0. The van der Waals surface area contributed by atoms with Crippen LogP contribution in [0.2, 0.25) is 0 Å². The Morgan fingerprint density at radius 3 is 1.22 bits per heavy atom. The predicted octanol–water partition coefficient (Wildman–Crippen LogP) is 4.76. The van der Waals surface area contributed by atoms with Crippen molar-refractivity contribution in [3.05, 3.63) is 70.8 Å². The highest BCUT2D eigenvalue weighted by molar-refractivity contribution is 5.74. The Balaban J connectivity index is 2.00. The molecule has 0 heterocycles. The smallest absolute Gasteiger partial charge is 0.308 e. The molecular weight excluding hydrogens is 460 g/mol. The average molecular weight is 493 g/mol. The zero-order valence-electron chi connectivity index (χ0n) is 21.3. The van der Waals surface area contributed by atoms with E-state index in [0.29, 0.717) is 0 Å². The molecule has 0 atom stereocenters. The Morgan fingerprint density at radius 1 is 0.639 bits per heavy atom. The van der Waals surface area contributed by atoms with Crippen LogP contribution in [0, 0.1) is 0 Å². The third kappa shape index (κ3) is 5.07. The number of nitrogens with two attached hydrogens (primary N) is 2. The van der Waals surface area contributed by atoms with E-state index < -0.39 is 22.8 Å². The molecule has 0 unspecified atom stereocenters. The lowest BCUT2D eigenvalue weighted by Crippen LogP contribution is -2.22. The third-order valence-electron chi connectivity index (χ3n) is 6.49. The van der Waals surface area contributed by atoms with Crippen LogP contribution in [0.3, 0.4) is 0 Å². The lowest BCUT2D eigenvalue weighted by molar-refractivity contribution is -0.132. The standard InChI is InChI=1S/C28H32N2O6/c1-15(31)35-23-13-19(11-21(29)25(23)33)27(3,4)17-7-9-18(10-8-17)28(5,6)20-12-22(30)26(34)24(14-20)36-16(2)32/h7-14,33-34H,29-30H2,1-6H3. The van der Waals surface area contributed by atoms with E-state index >= 15 is 0 Å². The number of rotatable bonds is 6. The van der Waals surface area contributed by atoms with E-state index in [9.17, 15) is 19.8 Å². The molecule has 0 radical (unpaired) electrons. The van der Waals surface area contributed by atoms with E-state index in [1.54, 1.807) is 24.3 Å². The van der Waals surface area contributed by atoms with Gasteiger partial charge >= 0.3 is 11.9 Å². The van der Waals surface area contributed by atoms with Crippen LogP contribution < -0.4 is 20.9 Å². The first-order valence-corrected chi connectivity index (χ1v) is 11.4. The Hall–Kier alpha value is -4.20. The van der Waals surface area contributed by atoms with Crippen molar-refractivity contribution in [3.8, 4) is 23.0 Å². The van der Waals surface area contributed by atoms with Crippen molar-refractivity contribution in [3.63, 3.8) is 0 Å². The van der Waals surface area contributed by atoms with Gasteiger partial charge in [-0.05, 0) is 46.5 Å². The van der Waals surface area contributed by atoms with Crippen LogP contribution in [0.5, 0.6) is 23.0 Å². The number of hydrogen-bond donors (Lipinski definition) is 4. The van der Waals surface area contributed by atoms with Crippen molar-refractivity contribution in [2.75, 3.05) is 11.5 Å². The van der Waals surface area contributed by atoms with Gasteiger partial charge in [-0.25, -0.2) is 0 Å². The van der Waals surface area contributed by atoms with Gasteiger partial charge in [0.2, 0.25) is 0 Å². The third-order valence-corrected chi connectivity index (χ3v) is 6.49. The number of phenols is 2. The minimum absolute atomic E-state index is 0.0110. The largest absolute Gasteiger partial charge is 0.503 e. The van der Waals surface area contributed by atoms with Crippen LogP contribution in [0.1, 0.15) is 63.8 Å². The molecule has 0 amide bonds. The molecule has 3 aromatic rings. The molecule has 3 rings (SSSR count). The number of phenolic OH excluding ortho intramolecular Hbond substituents is 2. The van der Waals surface area contributed by atoms with Gasteiger partial charge in [-0.2, -0.15) is 0 Å². The molecule has 8 heteroatoms. The van der Waals surface area contributed by atoms with E-state index in [0.717, 1.165) is 22.3 Å². The fourth-order valence-corrected chi connectivity index (χ4v) is 4.08. The summed E-state index contributed by atoms with van der Waals surface area (Å²) in [5, 5.41) is 20.4. The van der Waals surface area contributed by atoms with Gasteiger partial charge in [0, 0.05) is 24.7 Å². The number of nitrogen functional groups attached to an aromatic ring is 2. The molecule has 0 saturated heterocycles. The van der Waals surface area contributed by atoms with E-state index in [-0.39, 0.29) is 34.4 Å². The average Bonchev–Trinajstić information content (AvgIpc) is 2.79. The second kappa shape index (κ2) is 9.45. The first kappa shape index (κ1) is 26.4. The van der Waals surface area contributed by atoms with E-state index in [1.807, 2.05) is 52.0 Å². The first-order valence-electron chi connectivity index (χ1n) is 11.4. The van der Waals surface area contributed by atoms with Crippen molar-refractivity contribution in [2.45, 2.75) is 52.4 Å². The molecule has 0 aliphatic carbocycles. The zero-order valence-corrected chi connectivity index (χ0v) is 21.3. The van der Waals surface area contributed by atoms with Crippen molar-refractivity contribution >= 4 is 23.3 Å². The number of carbonyl (C=O) groups is 2. The van der Waals surface area contributed by atoms with Crippen molar-refractivity contribution < 1.29 is 29.3 Å². The number of benzene rings is 3. The Morgan fingerprint density at radius 2 is 0.944 bits per heavy atom. The molecule has 6 N–H and O–H groups in total. The monoisotopic (exact) mass is 492 g/mol. The molecule has 0 aliphatic rings. The van der Waals surface area contributed by atoms with E-state index in [2.05, 4.69) is 0 Å². The SMILES string of the molecule is CC(=O)Oc1cc(C(C)(C)c2ccc(C(C)(C)c3cc(N)c(O)c(OC(C)=O)c3)cc2)cc(N)c1O. The quantitative estimate of drug-likeness (QED) is 0.167. The topological polar surface area (TPSA) is 145 Å². The van der Waals surface area contributed by atoms with Gasteiger partial charge in [0.15, 0.2) is 23.0 Å². The summed E-state index contributed by atoms with van der Waals surface area (Å²) in [5.41, 5.74) is 14.6. The highest BCUT2D eigenvalue weighted by Crippen LogP contribution is 2.43. The summed E-state index contributed by atoms with van der Waals surface area (Å²) in [6.45, 7) is 10.5. The minimum Gasteiger partial charge on any atom is -0.503 e. The summed E-state index contributed by atoms with van der Waals surface area (Å²) in [7, 11) is 0. The van der Waals surface area contributed by atoms with Crippen LogP contribution >= 0.6 is 0 Å². The molecule has 0 fully saturated rings. The molecule has 0 saturated carbocycles. The van der Waals surface area contributed by atoms with Crippen LogP contribution in [0.4, 0.5) is 11.4 Å². The molecule has 36 heavy (non-hydrogen) atoms. The maximum absolute atomic E-state index is 11.4. The second-order valence-corrected chi connectivity index (χ2v) is 9.84. The molecule has 190 valence electrons. The molecule has 3 aromatic carbocycles. The summed E-state index contributed by atoms with van der Waals surface area (Å²) in [5.74, 6) is -1.64. The summed E-state index contributed by atoms with van der Waals surface area (Å²) in [6, 6.07) is 14.5. The fraction of sp³-hybridized carbons (Fsp3) is 0.286. The highest BCUT2D eigenvalue weighted by atomic mass is 16.5. The van der Waals surface area contributed by atoms with Gasteiger partial charge in [0.1, 0.15) is 0 Å². The Labute approximate surface area is 210 Å². The summed E-state index contributed by atoms with van der Waals surface area (Å²) in [4.78, 5) is 22.9. The Kier molecular flexibility index (Phi) is 6.93. The van der Waals surface area contributed by atoms with Gasteiger partial charge in [-0.1, -0.05) is 52.0 Å². The minimum atomic E-state index is -0.557. The van der Waals surface area contributed by atoms with Crippen LogP contribution in [-0.4, -0.2) is 22.2 Å².